The van der Waals surface area contributed by atoms with Crippen molar-refractivity contribution in [2.24, 2.45) is 0 Å². The van der Waals surface area contributed by atoms with Crippen LogP contribution in [-0.4, -0.2) is 52.0 Å². The van der Waals surface area contributed by atoms with Gasteiger partial charge < -0.3 is 14.4 Å². The molecule has 0 radical (unpaired) electrons. The zero-order valence-corrected chi connectivity index (χ0v) is 18.6. The molecule has 170 valence electrons. The highest BCUT2D eigenvalue weighted by molar-refractivity contribution is 5.96. The molecule has 1 fully saturated rings. The number of hydrogen-bond donors (Lipinski definition) is 0. The maximum Gasteiger partial charge on any atom is 0.263 e. The van der Waals surface area contributed by atoms with Gasteiger partial charge in [0.15, 0.2) is 0 Å². The van der Waals surface area contributed by atoms with Gasteiger partial charge in [0, 0.05) is 45.3 Å². The fourth-order valence-corrected chi connectivity index (χ4v) is 4.64. The maximum absolute atomic E-state index is 13.6. The van der Waals surface area contributed by atoms with Crippen molar-refractivity contribution in [2.75, 3.05) is 19.6 Å². The fourth-order valence-electron chi connectivity index (χ4n) is 4.64. The molecular formula is C25H30FN3O3. The third-order valence-electron chi connectivity index (χ3n) is 6.53. The van der Waals surface area contributed by atoms with Crippen LogP contribution in [0.4, 0.5) is 4.39 Å². The highest BCUT2D eigenvalue weighted by Gasteiger charge is 2.31. The van der Waals surface area contributed by atoms with Crippen molar-refractivity contribution in [2.45, 2.75) is 58.3 Å². The molecule has 2 aliphatic rings. The Morgan fingerprint density at radius 1 is 1.06 bits per heavy atom. The molecule has 32 heavy (non-hydrogen) atoms. The Kier molecular flexibility index (Phi) is 6.72. The van der Waals surface area contributed by atoms with Crippen molar-refractivity contribution < 1.29 is 14.0 Å². The number of carbonyl (C=O) groups excluding carboxylic acids is 2. The van der Waals surface area contributed by atoms with E-state index in [9.17, 15) is 18.8 Å². The molecule has 0 N–H and O–H groups in total. The number of hydrogen-bond acceptors (Lipinski definition) is 3. The number of likely N-dealkylation sites (tertiary alicyclic amines) is 1. The van der Waals surface area contributed by atoms with E-state index >= 15 is 0 Å². The van der Waals surface area contributed by atoms with E-state index in [0.717, 1.165) is 16.7 Å². The molecule has 0 bridgehead atoms. The largest absolute Gasteiger partial charge is 0.338 e. The van der Waals surface area contributed by atoms with Gasteiger partial charge in [0.05, 0.1) is 0 Å². The third-order valence-corrected chi connectivity index (χ3v) is 6.53. The molecule has 2 aromatic rings. The molecule has 1 aromatic heterocycles. The quantitative estimate of drug-likeness (QED) is 0.720. The Morgan fingerprint density at radius 3 is 2.47 bits per heavy atom. The summed E-state index contributed by atoms with van der Waals surface area (Å²) in [7, 11) is 0. The van der Waals surface area contributed by atoms with Crippen LogP contribution in [-0.2, 0) is 30.7 Å². The van der Waals surface area contributed by atoms with Crippen LogP contribution in [0, 0.1) is 0 Å². The van der Waals surface area contributed by atoms with E-state index < -0.39 is 6.17 Å². The number of halogens is 1. The first-order valence-corrected chi connectivity index (χ1v) is 11.5. The molecule has 7 heteroatoms. The summed E-state index contributed by atoms with van der Waals surface area (Å²) in [5.74, 6) is -0.238. The van der Waals surface area contributed by atoms with Gasteiger partial charge in [0.25, 0.3) is 11.5 Å². The second kappa shape index (κ2) is 9.67. The molecule has 1 saturated heterocycles. The maximum atomic E-state index is 13.6. The van der Waals surface area contributed by atoms with Crippen molar-refractivity contribution in [3.05, 3.63) is 69.1 Å². The summed E-state index contributed by atoms with van der Waals surface area (Å²) in [5.41, 5.74) is 2.63. The first-order chi connectivity index (χ1) is 15.5. The van der Waals surface area contributed by atoms with Crippen molar-refractivity contribution in [1.29, 1.82) is 0 Å². The van der Waals surface area contributed by atoms with Crippen molar-refractivity contribution in [1.82, 2.24) is 14.4 Å². The monoisotopic (exact) mass is 439 g/mol. The number of fused-ring (bicyclic) bond motifs is 1. The molecule has 0 unspecified atom stereocenters. The second-order valence-electron chi connectivity index (χ2n) is 8.63. The van der Waals surface area contributed by atoms with Gasteiger partial charge in [0.2, 0.25) is 5.91 Å². The summed E-state index contributed by atoms with van der Waals surface area (Å²) in [4.78, 5) is 42.5. The average molecular weight is 440 g/mol. The van der Waals surface area contributed by atoms with Crippen LogP contribution in [0.2, 0.25) is 0 Å². The lowest BCUT2D eigenvalue weighted by Gasteiger charge is -2.33. The predicted octanol–water partition coefficient (Wildman–Crippen LogP) is 2.96. The van der Waals surface area contributed by atoms with Crippen LogP contribution in [0.3, 0.4) is 0 Å². The normalized spacial score (nSPS) is 16.7. The van der Waals surface area contributed by atoms with Crippen LogP contribution >= 0.6 is 0 Å². The first-order valence-electron chi connectivity index (χ1n) is 11.5. The van der Waals surface area contributed by atoms with Gasteiger partial charge in [-0.3, -0.25) is 14.4 Å². The summed E-state index contributed by atoms with van der Waals surface area (Å²) in [6, 6.07) is 9.90. The van der Waals surface area contributed by atoms with E-state index in [4.69, 9.17) is 0 Å². The number of pyridine rings is 1. The van der Waals surface area contributed by atoms with Crippen LogP contribution in [0.1, 0.15) is 53.2 Å². The van der Waals surface area contributed by atoms with E-state index in [-0.39, 0.29) is 22.9 Å². The lowest BCUT2D eigenvalue weighted by atomic mass is 9.95. The fraction of sp³-hybridized carbons (Fsp3) is 0.480. The Labute approximate surface area is 187 Å². The smallest absolute Gasteiger partial charge is 0.263 e. The third kappa shape index (κ3) is 4.61. The summed E-state index contributed by atoms with van der Waals surface area (Å²) in [5, 5.41) is 0. The number of amides is 2. The summed E-state index contributed by atoms with van der Waals surface area (Å²) in [6.07, 6.45) is 3.12. The standard InChI is InChI=1S/C25H30FN3O3/c1-2-22(30)28-15-11-21-19(16-28)17-29(12-8-18-6-4-3-5-7-18)25(32)23(21)24(31)27-13-9-20(26)10-14-27/h3-7,17,20H,2,8-16H2,1H3. The van der Waals surface area contributed by atoms with Gasteiger partial charge >= 0.3 is 0 Å². The summed E-state index contributed by atoms with van der Waals surface area (Å²) >= 11 is 0. The minimum atomic E-state index is -0.889. The number of aryl methyl sites for hydroxylation is 2. The molecule has 6 nitrogen and oxygen atoms in total. The van der Waals surface area contributed by atoms with Gasteiger partial charge in [-0.1, -0.05) is 37.3 Å². The second-order valence-corrected chi connectivity index (χ2v) is 8.63. The minimum absolute atomic E-state index is 0.0654. The summed E-state index contributed by atoms with van der Waals surface area (Å²) < 4.78 is 15.2. The zero-order chi connectivity index (χ0) is 22.7. The average Bonchev–Trinajstić information content (AvgIpc) is 2.82. The molecule has 4 rings (SSSR count). The Hall–Kier alpha value is -2.96. The van der Waals surface area contributed by atoms with E-state index in [0.29, 0.717) is 64.8 Å². The SMILES string of the molecule is CCC(=O)N1CCc2c(cn(CCc3ccccc3)c(=O)c2C(=O)N2CCC(F)CC2)C1. The summed E-state index contributed by atoms with van der Waals surface area (Å²) in [6.45, 7) is 3.84. The zero-order valence-electron chi connectivity index (χ0n) is 18.6. The van der Waals surface area contributed by atoms with Gasteiger partial charge in [0.1, 0.15) is 11.7 Å². The molecule has 2 amide bonds. The molecule has 0 atom stereocenters. The van der Waals surface area contributed by atoms with E-state index in [1.165, 1.54) is 0 Å². The Bertz CT molecular complexity index is 1040. The van der Waals surface area contributed by atoms with E-state index in [1.54, 1.807) is 14.4 Å². The van der Waals surface area contributed by atoms with Crippen molar-refractivity contribution >= 4 is 11.8 Å². The highest BCUT2D eigenvalue weighted by Crippen LogP contribution is 2.24. The number of benzene rings is 1. The van der Waals surface area contributed by atoms with Crippen LogP contribution in [0.5, 0.6) is 0 Å². The molecule has 2 aliphatic heterocycles. The van der Waals surface area contributed by atoms with Crippen LogP contribution in [0.15, 0.2) is 41.3 Å². The lowest BCUT2D eigenvalue weighted by molar-refractivity contribution is -0.131. The predicted molar refractivity (Wildman–Crippen MR) is 120 cm³/mol. The Balaban J connectivity index is 1.69. The molecule has 0 spiro atoms. The molecule has 3 heterocycles. The van der Waals surface area contributed by atoms with Crippen molar-refractivity contribution in [3.63, 3.8) is 0 Å². The van der Waals surface area contributed by atoms with Gasteiger partial charge in [-0.2, -0.15) is 0 Å². The van der Waals surface area contributed by atoms with Crippen molar-refractivity contribution in [3.8, 4) is 0 Å². The first kappa shape index (κ1) is 22.2. The number of nitrogens with zero attached hydrogens (tertiary/aromatic N) is 3. The molecule has 0 aliphatic carbocycles. The van der Waals surface area contributed by atoms with E-state index in [2.05, 4.69) is 0 Å². The van der Waals surface area contributed by atoms with E-state index in [1.807, 2.05) is 43.5 Å². The number of aromatic nitrogens is 1. The Morgan fingerprint density at radius 2 is 1.78 bits per heavy atom. The number of piperidine rings is 1. The van der Waals surface area contributed by atoms with Crippen LogP contribution < -0.4 is 5.56 Å². The minimum Gasteiger partial charge on any atom is -0.338 e. The highest BCUT2D eigenvalue weighted by atomic mass is 19.1. The number of carbonyl (C=O) groups is 2. The topological polar surface area (TPSA) is 62.6 Å². The van der Waals surface area contributed by atoms with Crippen LogP contribution in [0.25, 0.3) is 0 Å². The van der Waals surface area contributed by atoms with Gasteiger partial charge in [-0.05, 0) is 42.4 Å². The number of rotatable bonds is 5. The molecule has 0 saturated carbocycles. The molecule has 1 aromatic carbocycles. The molecular weight excluding hydrogens is 409 g/mol. The van der Waals surface area contributed by atoms with Gasteiger partial charge in [-0.25, -0.2) is 4.39 Å². The number of alkyl halides is 1. The van der Waals surface area contributed by atoms with Gasteiger partial charge in [-0.15, -0.1) is 0 Å². The lowest BCUT2D eigenvalue weighted by Crippen LogP contribution is -2.45.